The summed E-state index contributed by atoms with van der Waals surface area (Å²) in [7, 11) is 0. The smallest absolute Gasteiger partial charge is 0.328 e. The number of hydrogen-bond donors (Lipinski definition) is 2. The summed E-state index contributed by atoms with van der Waals surface area (Å²) in [5, 5.41) is 15.6. The maximum atomic E-state index is 12.9. The minimum atomic E-state index is -1.26. The first-order valence-electron chi connectivity index (χ1n) is 10.6. The van der Waals surface area contributed by atoms with E-state index in [4.69, 9.17) is 14.9 Å². The number of halogens is 1. The lowest BCUT2D eigenvalue weighted by atomic mass is 9.97. The number of likely N-dealkylation sites (tertiary alicyclic amines) is 1. The summed E-state index contributed by atoms with van der Waals surface area (Å²) < 4.78 is 18.7. The molecule has 1 heterocycles. The molecular weight excluding hydrogens is 413 g/mol. The summed E-state index contributed by atoms with van der Waals surface area (Å²) in [6.45, 7) is 4.86. The molecular formula is C25H30FNO5. The van der Waals surface area contributed by atoms with Crippen LogP contribution in [-0.2, 0) is 27.4 Å². The topological polar surface area (TPSA) is 87.1 Å². The third kappa shape index (κ3) is 10.8. The first kappa shape index (κ1) is 25.2. The highest BCUT2D eigenvalue weighted by molar-refractivity contribution is 5.89. The van der Waals surface area contributed by atoms with Gasteiger partial charge >= 0.3 is 11.9 Å². The van der Waals surface area contributed by atoms with Gasteiger partial charge in [-0.1, -0.05) is 42.5 Å². The van der Waals surface area contributed by atoms with Crippen molar-refractivity contribution in [1.82, 2.24) is 4.90 Å². The molecule has 2 N–H and O–H groups in total. The van der Waals surface area contributed by atoms with Crippen LogP contribution in [0.3, 0.4) is 0 Å². The average molecular weight is 444 g/mol. The molecule has 1 saturated heterocycles. The molecule has 2 aromatic carbocycles. The Morgan fingerprint density at radius 3 is 2.09 bits per heavy atom. The third-order valence-electron chi connectivity index (χ3n) is 5.17. The fourth-order valence-electron chi connectivity index (χ4n) is 3.38. The lowest BCUT2D eigenvalue weighted by Gasteiger charge is -2.31. The molecule has 0 radical (unpaired) electrons. The first-order valence-corrected chi connectivity index (χ1v) is 10.6. The van der Waals surface area contributed by atoms with E-state index in [1.807, 2.05) is 0 Å². The standard InChI is InChI=1S/C21H26FNO.C4H4O4/c22-21-8-6-19(7-9-21)16-24-17-20-11-14-23(15-12-20)13-10-18-4-2-1-3-5-18;5-3(6)1-2-4(7)8/h1-9,20H,10-17H2;1-2H,(H,5,6)(H,7,8)/b;2-1-. The summed E-state index contributed by atoms with van der Waals surface area (Å²) >= 11 is 0. The Morgan fingerprint density at radius 2 is 1.53 bits per heavy atom. The number of aliphatic carboxylic acids is 2. The molecule has 2 aromatic rings. The van der Waals surface area contributed by atoms with Gasteiger partial charge in [-0.25, -0.2) is 14.0 Å². The highest BCUT2D eigenvalue weighted by atomic mass is 19.1. The largest absolute Gasteiger partial charge is 0.478 e. The fraction of sp³-hybridized carbons (Fsp3) is 0.360. The zero-order chi connectivity index (χ0) is 23.2. The van der Waals surface area contributed by atoms with E-state index >= 15 is 0 Å². The molecule has 0 bridgehead atoms. The lowest BCUT2D eigenvalue weighted by molar-refractivity contribution is -0.134. The average Bonchev–Trinajstić information content (AvgIpc) is 2.80. The normalized spacial score (nSPS) is 14.7. The highest BCUT2D eigenvalue weighted by Crippen LogP contribution is 2.18. The number of nitrogens with zero attached hydrogens (tertiary/aromatic N) is 1. The van der Waals surface area contributed by atoms with E-state index < -0.39 is 11.9 Å². The second-order valence-corrected chi connectivity index (χ2v) is 7.67. The number of carbonyl (C=O) groups is 2. The van der Waals surface area contributed by atoms with E-state index in [2.05, 4.69) is 35.2 Å². The molecule has 7 heteroatoms. The molecule has 3 rings (SSSR count). The molecule has 0 aliphatic carbocycles. The number of benzene rings is 2. The van der Waals surface area contributed by atoms with Crippen molar-refractivity contribution in [3.63, 3.8) is 0 Å². The molecule has 0 amide bonds. The van der Waals surface area contributed by atoms with Gasteiger partial charge in [0.25, 0.3) is 0 Å². The van der Waals surface area contributed by atoms with Crippen molar-refractivity contribution >= 4 is 11.9 Å². The molecule has 1 aliphatic heterocycles. The lowest BCUT2D eigenvalue weighted by Crippen LogP contribution is -2.36. The van der Waals surface area contributed by atoms with Gasteiger partial charge in [-0.05, 0) is 61.5 Å². The van der Waals surface area contributed by atoms with Gasteiger partial charge in [0.05, 0.1) is 6.61 Å². The van der Waals surface area contributed by atoms with Crippen molar-refractivity contribution < 1.29 is 28.9 Å². The van der Waals surface area contributed by atoms with Crippen molar-refractivity contribution in [3.8, 4) is 0 Å². The van der Waals surface area contributed by atoms with Crippen LogP contribution in [0.2, 0.25) is 0 Å². The molecule has 1 fully saturated rings. The van der Waals surface area contributed by atoms with Gasteiger partial charge in [0.1, 0.15) is 5.82 Å². The number of rotatable bonds is 9. The Labute approximate surface area is 187 Å². The van der Waals surface area contributed by atoms with Crippen LogP contribution in [0.5, 0.6) is 0 Å². The zero-order valence-corrected chi connectivity index (χ0v) is 18.0. The molecule has 1 aliphatic rings. The summed E-state index contributed by atoms with van der Waals surface area (Å²) in [5.41, 5.74) is 2.46. The number of hydrogen-bond acceptors (Lipinski definition) is 4. The van der Waals surface area contributed by atoms with Crippen molar-refractivity contribution in [2.75, 3.05) is 26.2 Å². The molecule has 0 atom stereocenters. The Hall–Kier alpha value is -3.03. The van der Waals surface area contributed by atoms with Gasteiger partial charge in [-0.2, -0.15) is 0 Å². The van der Waals surface area contributed by atoms with E-state index in [-0.39, 0.29) is 5.82 Å². The predicted molar refractivity (Wildman–Crippen MR) is 120 cm³/mol. The van der Waals surface area contributed by atoms with E-state index in [0.717, 1.165) is 38.2 Å². The summed E-state index contributed by atoms with van der Waals surface area (Å²) in [6, 6.07) is 17.3. The van der Waals surface area contributed by atoms with Crippen molar-refractivity contribution in [3.05, 3.63) is 83.7 Å². The Balaban J connectivity index is 0.000000390. The van der Waals surface area contributed by atoms with E-state index in [1.165, 1.54) is 30.5 Å². The molecule has 172 valence electrons. The Morgan fingerprint density at radius 1 is 0.938 bits per heavy atom. The van der Waals surface area contributed by atoms with Crippen molar-refractivity contribution in [2.45, 2.75) is 25.9 Å². The van der Waals surface area contributed by atoms with Crippen LogP contribution >= 0.6 is 0 Å². The third-order valence-corrected chi connectivity index (χ3v) is 5.17. The van der Waals surface area contributed by atoms with Crippen LogP contribution in [0, 0.1) is 11.7 Å². The SMILES string of the molecule is Fc1ccc(COCC2CCN(CCc3ccccc3)CC2)cc1.O=C(O)/C=C\C(=O)O. The molecule has 0 unspecified atom stereocenters. The van der Waals surface area contributed by atoms with Gasteiger partial charge in [0, 0.05) is 25.3 Å². The van der Waals surface area contributed by atoms with Crippen molar-refractivity contribution in [1.29, 1.82) is 0 Å². The van der Waals surface area contributed by atoms with Crippen LogP contribution < -0.4 is 0 Å². The molecule has 32 heavy (non-hydrogen) atoms. The Kier molecular flexibility index (Phi) is 11.1. The first-order chi connectivity index (χ1) is 15.4. The maximum Gasteiger partial charge on any atom is 0.328 e. The molecule has 6 nitrogen and oxygen atoms in total. The van der Waals surface area contributed by atoms with Crippen LogP contribution in [0.25, 0.3) is 0 Å². The molecule has 0 saturated carbocycles. The van der Waals surface area contributed by atoms with E-state index in [1.54, 1.807) is 12.1 Å². The number of ether oxygens (including phenoxy) is 1. The Bertz CT molecular complexity index is 830. The number of carboxylic acid groups (broad SMARTS) is 2. The summed E-state index contributed by atoms with van der Waals surface area (Å²) in [4.78, 5) is 21.7. The van der Waals surface area contributed by atoms with E-state index in [0.29, 0.717) is 24.7 Å². The van der Waals surface area contributed by atoms with Crippen LogP contribution in [0.1, 0.15) is 24.0 Å². The van der Waals surface area contributed by atoms with Crippen LogP contribution in [-0.4, -0.2) is 53.3 Å². The van der Waals surface area contributed by atoms with Gasteiger partial charge in [0.2, 0.25) is 0 Å². The minimum Gasteiger partial charge on any atom is -0.478 e. The van der Waals surface area contributed by atoms with Crippen LogP contribution in [0.4, 0.5) is 4.39 Å². The second kappa shape index (κ2) is 14.1. The highest BCUT2D eigenvalue weighted by Gasteiger charge is 2.19. The molecule has 0 spiro atoms. The summed E-state index contributed by atoms with van der Waals surface area (Å²) in [6.07, 6.45) is 4.66. The van der Waals surface area contributed by atoms with Crippen molar-refractivity contribution in [2.24, 2.45) is 5.92 Å². The predicted octanol–water partition coefficient (Wildman–Crippen LogP) is 4.01. The number of piperidine rings is 1. The fourth-order valence-corrected chi connectivity index (χ4v) is 3.38. The van der Waals surface area contributed by atoms with Gasteiger partial charge in [0.15, 0.2) is 0 Å². The second-order valence-electron chi connectivity index (χ2n) is 7.67. The quantitative estimate of drug-likeness (QED) is 0.570. The maximum absolute atomic E-state index is 12.9. The number of carboxylic acids is 2. The van der Waals surface area contributed by atoms with E-state index in [9.17, 15) is 14.0 Å². The van der Waals surface area contributed by atoms with Crippen LogP contribution in [0.15, 0.2) is 66.7 Å². The van der Waals surface area contributed by atoms with Gasteiger partial charge in [-0.15, -0.1) is 0 Å². The zero-order valence-electron chi connectivity index (χ0n) is 18.0. The monoisotopic (exact) mass is 443 g/mol. The molecule has 0 aromatic heterocycles. The summed E-state index contributed by atoms with van der Waals surface area (Å²) in [5.74, 6) is -2.06. The van der Waals surface area contributed by atoms with Gasteiger partial charge < -0.3 is 19.8 Å². The minimum absolute atomic E-state index is 0.193. The van der Waals surface area contributed by atoms with Gasteiger partial charge in [-0.3, -0.25) is 0 Å².